The fraction of sp³-hybridized carbons (Fsp3) is 0.533. The number of hydrogen-bond acceptors (Lipinski definition) is 4. The Hall–Kier alpha value is -1.60. The van der Waals surface area contributed by atoms with E-state index < -0.39 is 15.9 Å². The van der Waals surface area contributed by atoms with E-state index in [0.29, 0.717) is 18.5 Å². The van der Waals surface area contributed by atoms with Crippen LogP contribution in [0.25, 0.3) is 0 Å². The monoisotopic (exact) mass is 326 g/mol. The summed E-state index contributed by atoms with van der Waals surface area (Å²) in [4.78, 5) is 12.0. The Balaban J connectivity index is 2.11. The van der Waals surface area contributed by atoms with Crippen LogP contribution in [0.1, 0.15) is 32.6 Å². The number of aliphatic hydroxyl groups is 1. The summed E-state index contributed by atoms with van der Waals surface area (Å²) < 4.78 is 25.1. The molecule has 0 aromatic heterocycles. The fourth-order valence-corrected chi connectivity index (χ4v) is 4.48. The zero-order valence-corrected chi connectivity index (χ0v) is 13.4. The molecule has 0 spiro atoms. The van der Waals surface area contributed by atoms with Crippen LogP contribution in [-0.4, -0.2) is 37.5 Å². The number of nitrogens with one attached hydrogen (secondary N) is 2. The number of carbonyl (C=O) groups is 1. The zero-order valence-electron chi connectivity index (χ0n) is 12.6. The van der Waals surface area contributed by atoms with Gasteiger partial charge in [-0.1, -0.05) is 18.9 Å². The molecule has 3 N–H and O–H groups in total. The van der Waals surface area contributed by atoms with Crippen LogP contribution in [0.4, 0.5) is 10.5 Å². The largest absolute Gasteiger partial charge is 0.394 e. The zero-order chi connectivity index (χ0) is 16.2. The van der Waals surface area contributed by atoms with Crippen LogP contribution in [0.15, 0.2) is 29.2 Å². The maximum absolute atomic E-state index is 12.5. The normalized spacial score (nSPS) is 17.2. The topological polar surface area (TPSA) is 95.5 Å². The van der Waals surface area contributed by atoms with E-state index in [4.69, 9.17) is 5.11 Å². The first-order valence-electron chi connectivity index (χ1n) is 7.46. The van der Waals surface area contributed by atoms with Crippen molar-refractivity contribution in [3.63, 3.8) is 0 Å². The molecule has 1 aromatic rings. The van der Waals surface area contributed by atoms with Gasteiger partial charge in [0.15, 0.2) is 9.84 Å². The molecular formula is C15H22N2O4S. The van der Waals surface area contributed by atoms with Crippen molar-refractivity contribution in [3.05, 3.63) is 24.3 Å². The van der Waals surface area contributed by atoms with Crippen LogP contribution in [0.3, 0.4) is 0 Å². The van der Waals surface area contributed by atoms with Crippen molar-refractivity contribution in [2.75, 3.05) is 11.9 Å². The minimum atomic E-state index is -3.34. The summed E-state index contributed by atoms with van der Waals surface area (Å²) in [7, 11) is -3.34. The highest BCUT2D eigenvalue weighted by molar-refractivity contribution is 7.92. The summed E-state index contributed by atoms with van der Waals surface area (Å²) >= 11 is 0. The van der Waals surface area contributed by atoms with Gasteiger partial charge >= 0.3 is 6.03 Å². The Morgan fingerprint density at radius 1 is 1.36 bits per heavy atom. The molecule has 2 amide bonds. The number of carbonyl (C=O) groups excluding carboxylic acids is 1. The standard InChI is InChI=1S/C15H22N2O4S/c1-11(10-18)16-15(19)17-12-5-4-8-14(9-12)22(20,21)13-6-2-3-7-13/h4-5,8-9,11,13,18H,2-3,6-7,10H2,1H3,(H2,16,17,19). The molecular weight excluding hydrogens is 304 g/mol. The molecule has 7 heteroatoms. The van der Waals surface area contributed by atoms with Crippen LogP contribution >= 0.6 is 0 Å². The van der Waals surface area contributed by atoms with Crippen molar-refractivity contribution in [1.29, 1.82) is 0 Å². The Labute approximate surface area is 130 Å². The second-order valence-corrected chi connectivity index (χ2v) is 7.89. The van der Waals surface area contributed by atoms with E-state index in [1.54, 1.807) is 25.1 Å². The SMILES string of the molecule is CC(CO)NC(=O)Nc1cccc(S(=O)(=O)C2CCCC2)c1. The molecule has 0 saturated heterocycles. The van der Waals surface area contributed by atoms with Gasteiger partial charge in [0.2, 0.25) is 0 Å². The molecule has 122 valence electrons. The molecule has 0 heterocycles. The highest BCUT2D eigenvalue weighted by Crippen LogP contribution is 2.30. The Morgan fingerprint density at radius 3 is 2.68 bits per heavy atom. The lowest BCUT2D eigenvalue weighted by molar-refractivity contribution is 0.229. The van der Waals surface area contributed by atoms with Crippen molar-refractivity contribution in [2.24, 2.45) is 0 Å². The van der Waals surface area contributed by atoms with Crippen molar-refractivity contribution >= 4 is 21.6 Å². The number of urea groups is 1. The maximum atomic E-state index is 12.5. The Kier molecular flexibility index (Phi) is 5.42. The highest BCUT2D eigenvalue weighted by Gasteiger charge is 2.30. The number of sulfone groups is 1. The van der Waals surface area contributed by atoms with Gasteiger partial charge in [0.1, 0.15) is 0 Å². The van der Waals surface area contributed by atoms with Crippen LogP contribution in [-0.2, 0) is 9.84 Å². The second-order valence-electron chi connectivity index (χ2n) is 5.66. The number of amides is 2. The van der Waals surface area contributed by atoms with Gasteiger partial charge in [-0.15, -0.1) is 0 Å². The number of hydrogen-bond donors (Lipinski definition) is 3. The van der Waals surface area contributed by atoms with Crippen LogP contribution < -0.4 is 10.6 Å². The molecule has 1 atom stereocenters. The molecule has 1 aliphatic rings. The summed E-state index contributed by atoms with van der Waals surface area (Å²) in [6.07, 6.45) is 3.30. The molecule has 1 saturated carbocycles. The summed E-state index contributed by atoms with van der Waals surface area (Å²) in [6.45, 7) is 1.50. The Bertz CT molecular complexity index is 624. The third-order valence-electron chi connectivity index (χ3n) is 3.81. The second kappa shape index (κ2) is 7.11. The number of rotatable bonds is 5. The van der Waals surface area contributed by atoms with Gasteiger partial charge in [0, 0.05) is 5.69 Å². The van der Waals surface area contributed by atoms with Crippen LogP contribution in [0.2, 0.25) is 0 Å². The molecule has 1 fully saturated rings. The average Bonchev–Trinajstić information content (AvgIpc) is 3.02. The van der Waals surface area contributed by atoms with E-state index in [2.05, 4.69) is 10.6 Å². The first kappa shape index (κ1) is 16.8. The van der Waals surface area contributed by atoms with E-state index in [0.717, 1.165) is 12.8 Å². The summed E-state index contributed by atoms with van der Waals surface area (Å²) in [6, 6.07) is 5.45. The highest BCUT2D eigenvalue weighted by atomic mass is 32.2. The molecule has 1 aliphatic carbocycles. The van der Waals surface area contributed by atoms with Gasteiger partial charge in [-0.05, 0) is 38.0 Å². The summed E-state index contributed by atoms with van der Waals surface area (Å²) in [5.41, 5.74) is 0.418. The average molecular weight is 326 g/mol. The molecule has 0 bridgehead atoms. The van der Waals surface area contributed by atoms with Gasteiger partial charge in [-0.3, -0.25) is 0 Å². The van der Waals surface area contributed by atoms with Crippen molar-refractivity contribution < 1.29 is 18.3 Å². The van der Waals surface area contributed by atoms with Crippen LogP contribution in [0.5, 0.6) is 0 Å². The van der Waals surface area contributed by atoms with E-state index in [1.807, 2.05) is 0 Å². The molecule has 6 nitrogen and oxygen atoms in total. The van der Waals surface area contributed by atoms with Gasteiger partial charge in [0.05, 0.1) is 22.8 Å². The van der Waals surface area contributed by atoms with Gasteiger partial charge < -0.3 is 15.7 Å². The third kappa shape index (κ3) is 3.98. The Morgan fingerprint density at radius 2 is 2.05 bits per heavy atom. The molecule has 2 rings (SSSR count). The first-order valence-corrected chi connectivity index (χ1v) is 9.00. The first-order chi connectivity index (χ1) is 10.4. The predicted molar refractivity (Wildman–Crippen MR) is 84.6 cm³/mol. The van der Waals surface area contributed by atoms with Crippen molar-refractivity contribution in [2.45, 2.75) is 48.8 Å². The third-order valence-corrected chi connectivity index (χ3v) is 6.07. The minimum absolute atomic E-state index is 0.163. The van der Waals surface area contributed by atoms with E-state index in [-0.39, 0.29) is 22.8 Å². The van der Waals surface area contributed by atoms with Gasteiger partial charge in [-0.2, -0.15) is 0 Å². The smallest absolute Gasteiger partial charge is 0.319 e. The molecule has 22 heavy (non-hydrogen) atoms. The maximum Gasteiger partial charge on any atom is 0.319 e. The van der Waals surface area contributed by atoms with E-state index in [1.165, 1.54) is 6.07 Å². The lowest BCUT2D eigenvalue weighted by Gasteiger charge is -2.14. The molecule has 1 unspecified atom stereocenters. The number of anilines is 1. The molecule has 0 radical (unpaired) electrons. The minimum Gasteiger partial charge on any atom is -0.394 e. The predicted octanol–water partition coefficient (Wildman–Crippen LogP) is 1.91. The summed E-state index contributed by atoms with van der Waals surface area (Å²) in [5.74, 6) is 0. The quantitative estimate of drug-likeness (QED) is 0.770. The lowest BCUT2D eigenvalue weighted by Crippen LogP contribution is -2.38. The fourth-order valence-electron chi connectivity index (χ4n) is 2.58. The van der Waals surface area contributed by atoms with Crippen molar-refractivity contribution in [3.8, 4) is 0 Å². The number of benzene rings is 1. The molecule has 0 aliphatic heterocycles. The summed E-state index contributed by atoms with van der Waals surface area (Å²) in [5, 5.41) is 13.7. The van der Waals surface area contributed by atoms with Gasteiger partial charge in [0.25, 0.3) is 0 Å². The van der Waals surface area contributed by atoms with Crippen LogP contribution in [0, 0.1) is 0 Å². The van der Waals surface area contributed by atoms with E-state index >= 15 is 0 Å². The van der Waals surface area contributed by atoms with Gasteiger partial charge in [-0.25, -0.2) is 13.2 Å². The van der Waals surface area contributed by atoms with Crippen molar-refractivity contribution in [1.82, 2.24) is 5.32 Å². The van der Waals surface area contributed by atoms with E-state index in [9.17, 15) is 13.2 Å². The molecule has 1 aromatic carbocycles. The number of aliphatic hydroxyl groups excluding tert-OH is 1. The lowest BCUT2D eigenvalue weighted by atomic mass is 10.3.